The number of nitrogens with one attached hydrogen (secondary N) is 1. The van der Waals surface area contributed by atoms with E-state index in [1.165, 1.54) is 6.07 Å². The third-order valence-corrected chi connectivity index (χ3v) is 4.70. The van der Waals surface area contributed by atoms with Gasteiger partial charge in [0.15, 0.2) is 0 Å². The summed E-state index contributed by atoms with van der Waals surface area (Å²) in [6, 6.07) is 4.04. The molecule has 1 aromatic carbocycles. The maximum absolute atomic E-state index is 12.8. The Morgan fingerprint density at radius 2 is 1.92 bits per heavy atom. The van der Waals surface area contributed by atoms with E-state index >= 15 is 0 Å². The Hall–Kier alpha value is -1.77. The number of unbranched alkanes of at least 4 members (excludes halogenated alkanes) is 2. The van der Waals surface area contributed by atoms with Gasteiger partial charge in [-0.2, -0.15) is 13.2 Å². The molecule has 0 heterocycles. The molecule has 1 aromatic rings. The van der Waals surface area contributed by atoms with E-state index in [0.29, 0.717) is 6.54 Å². The SMILES string of the molecule is CCCCCNC(=O)CCN(c1cccc(C(F)(F)F)c1)S(C)(=O)=O. The van der Waals surface area contributed by atoms with Crippen molar-refractivity contribution in [1.82, 2.24) is 5.32 Å². The molecule has 0 atom stereocenters. The van der Waals surface area contributed by atoms with Gasteiger partial charge < -0.3 is 5.32 Å². The number of amides is 1. The summed E-state index contributed by atoms with van der Waals surface area (Å²) in [5, 5.41) is 2.67. The molecule has 9 heteroatoms. The van der Waals surface area contributed by atoms with E-state index in [2.05, 4.69) is 5.32 Å². The molecule has 0 aliphatic heterocycles. The second-order valence-electron chi connectivity index (χ2n) is 5.69. The number of anilines is 1. The lowest BCUT2D eigenvalue weighted by Gasteiger charge is -2.23. The average Bonchev–Trinajstić information content (AvgIpc) is 2.50. The average molecular weight is 380 g/mol. The largest absolute Gasteiger partial charge is 0.416 e. The molecule has 0 unspecified atom stereocenters. The molecule has 0 aliphatic rings. The van der Waals surface area contributed by atoms with E-state index in [9.17, 15) is 26.4 Å². The van der Waals surface area contributed by atoms with Crippen molar-refractivity contribution in [3.63, 3.8) is 0 Å². The molecule has 142 valence electrons. The zero-order valence-corrected chi connectivity index (χ0v) is 15.1. The zero-order chi connectivity index (χ0) is 19.1. The van der Waals surface area contributed by atoms with Gasteiger partial charge in [0, 0.05) is 19.5 Å². The molecule has 1 N–H and O–H groups in total. The smallest absolute Gasteiger partial charge is 0.356 e. The van der Waals surface area contributed by atoms with Crippen LogP contribution in [0.25, 0.3) is 0 Å². The van der Waals surface area contributed by atoms with Crippen molar-refractivity contribution in [1.29, 1.82) is 0 Å². The van der Waals surface area contributed by atoms with Gasteiger partial charge in [-0.25, -0.2) is 8.42 Å². The summed E-state index contributed by atoms with van der Waals surface area (Å²) in [5.41, 5.74) is -1.06. The Morgan fingerprint density at radius 3 is 2.48 bits per heavy atom. The Balaban J connectivity index is 2.82. The molecule has 0 spiro atoms. The first-order valence-electron chi connectivity index (χ1n) is 7.97. The lowest BCUT2D eigenvalue weighted by molar-refractivity contribution is -0.137. The van der Waals surface area contributed by atoms with Gasteiger partial charge in [0.25, 0.3) is 0 Å². The highest BCUT2D eigenvalue weighted by molar-refractivity contribution is 7.92. The Labute approximate surface area is 146 Å². The fraction of sp³-hybridized carbons (Fsp3) is 0.562. The lowest BCUT2D eigenvalue weighted by atomic mass is 10.2. The van der Waals surface area contributed by atoms with Gasteiger partial charge in [-0.1, -0.05) is 25.8 Å². The molecular formula is C16H23F3N2O3S. The number of rotatable bonds is 9. The van der Waals surface area contributed by atoms with Gasteiger partial charge in [-0.3, -0.25) is 9.10 Å². The Morgan fingerprint density at radius 1 is 1.24 bits per heavy atom. The normalized spacial score (nSPS) is 12.0. The molecule has 0 aromatic heterocycles. The van der Waals surface area contributed by atoms with E-state index in [0.717, 1.165) is 48.0 Å². The highest BCUT2D eigenvalue weighted by Gasteiger charge is 2.31. The van der Waals surface area contributed by atoms with Crippen molar-refractivity contribution in [2.75, 3.05) is 23.7 Å². The van der Waals surface area contributed by atoms with Gasteiger partial charge in [-0.15, -0.1) is 0 Å². The first-order valence-corrected chi connectivity index (χ1v) is 9.82. The minimum atomic E-state index is -4.57. The number of benzene rings is 1. The first kappa shape index (κ1) is 21.3. The Bertz CT molecular complexity index is 675. The monoisotopic (exact) mass is 380 g/mol. The minimum Gasteiger partial charge on any atom is -0.356 e. The van der Waals surface area contributed by atoms with Crippen LogP contribution in [0.2, 0.25) is 0 Å². The van der Waals surface area contributed by atoms with E-state index in [1.807, 2.05) is 6.92 Å². The summed E-state index contributed by atoms with van der Waals surface area (Å²) < 4.78 is 63.1. The second-order valence-corrected chi connectivity index (χ2v) is 7.60. The zero-order valence-electron chi connectivity index (χ0n) is 14.3. The van der Waals surface area contributed by atoms with Crippen LogP contribution in [0.5, 0.6) is 0 Å². The number of halogens is 3. The molecule has 0 saturated carbocycles. The number of carbonyl (C=O) groups excluding carboxylic acids is 1. The van der Waals surface area contributed by atoms with Crippen LogP contribution in [0, 0.1) is 0 Å². The van der Waals surface area contributed by atoms with Crippen LogP contribution in [0.3, 0.4) is 0 Å². The summed E-state index contributed by atoms with van der Waals surface area (Å²) in [6.45, 7) is 2.30. The number of sulfonamides is 1. The standard InChI is InChI=1S/C16H23F3N2O3S/c1-3-4-5-10-20-15(22)9-11-21(25(2,23)24)14-8-6-7-13(12-14)16(17,18)19/h6-8,12H,3-5,9-11H2,1-2H3,(H,20,22). The van der Waals surface area contributed by atoms with Crippen molar-refractivity contribution >= 4 is 21.6 Å². The summed E-state index contributed by atoms with van der Waals surface area (Å²) in [7, 11) is -3.82. The van der Waals surface area contributed by atoms with Crippen LogP contribution in [0.4, 0.5) is 18.9 Å². The fourth-order valence-corrected chi connectivity index (χ4v) is 3.14. The highest BCUT2D eigenvalue weighted by Crippen LogP contribution is 2.32. The van der Waals surface area contributed by atoms with Crippen LogP contribution in [-0.2, 0) is 21.0 Å². The molecule has 0 saturated heterocycles. The third kappa shape index (κ3) is 7.33. The molecule has 0 fully saturated rings. The maximum Gasteiger partial charge on any atom is 0.416 e. The molecule has 1 rings (SSSR count). The molecule has 5 nitrogen and oxygen atoms in total. The van der Waals surface area contributed by atoms with E-state index in [-0.39, 0.29) is 24.6 Å². The quantitative estimate of drug-likeness (QED) is 0.669. The highest BCUT2D eigenvalue weighted by atomic mass is 32.2. The van der Waals surface area contributed by atoms with Gasteiger partial charge >= 0.3 is 6.18 Å². The predicted molar refractivity (Wildman–Crippen MR) is 90.8 cm³/mol. The van der Waals surface area contributed by atoms with Crippen LogP contribution in [-0.4, -0.2) is 33.7 Å². The first-order chi connectivity index (χ1) is 11.6. The van der Waals surface area contributed by atoms with E-state index in [4.69, 9.17) is 0 Å². The minimum absolute atomic E-state index is 0.115. The van der Waals surface area contributed by atoms with E-state index in [1.54, 1.807) is 0 Å². The van der Waals surface area contributed by atoms with E-state index < -0.39 is 21.8 Å². The van der Waals surface area contributed by atoms with Crippen LogP contribution >= 0.6 is 0 Å². The molecule has 25 heavy (non-hydrogen) atoms. The predicted octanol–water partition coefficient (Wildman–Crippen LogP) is 3.17. The van der Waals surface area contributed by atoms with Gasteiger partial charge in [-0.05, 0) is 24.6 Å². The number of hydrogen-bond donors (Lipinski definition) is 1. The Kier molecular flexibility index (Phi) is 7.72. The fourth-order valence-electron chi connectivity index (χ4n) is 2.22. The maximum atomic E-state index is 12.8. The molecule has 0 bridgehead atoms. The molecular weight excluding hydrogens is 357 g/mol. The summed E-state index contributed by atoms with van der Waals surface area (Å²) in [6.07, 6.45) is -1.00. The van der Waals surface area contributed by atoms with Crippen LogP contribution in [0.1, 0.15) is 38.2 Å². The summed E-state index contributed by atoms with van der Waals surface area (Å²) >= 11 is 0. The van der Waals surface area contributed by atoms with Gasteiger partial charge in [0.05, 0.1) is 17.5 Å². The topological polar surface area (TPSA) is 66.5 Å². The van der Waals surface area contributed by atoms with Crippen molar-refractivity contribution in [3.8, 4) is 0 Å². The van der Waals surface area contributed by atoms with Crippen LogP contribution in [0.15, 0.2) is 24.3 Å². The number of hydrogen-bond acceptors (Lipinski definition) is 3. The number of carbonyl (C=O) groups is 1. The number of nitrogens with zero attached hydrogens (tertiary/aromatic N) is 1. The van der Waals surface area contributed by atoms with Gasteiger partial charge in [0.1, 0.15) is 0 Å². The van der Waals surface area contributed by atoms with Crippen molar-refractivity contribution in [2.45, 2.75) is 38.8 Å². The molecule has 1 amide bonds. The van der Waals surface area contributed by atoms with Crippen molar-refractivity contribution < 1.29 is 26.4 Å². The number of alkyl halides is 3. The molecule has 0 radical (unpaired) electrons. The summed E-state index contributed by atoms with van der Waals surface area (Å²) in [5.74, 6) is -0.336. The molecule has 0 aliphatic carbocycles. The van der Waals surface area contributed by atoms with Crippen molar-refractivity contribution in [2.24, 2.45) is 0 Å². The lowest BCUT2D eigenvalue weighted by Crippen LogP contribution is -2.35. The third-order valence-electron chi connectivity index (χ3n) is 3.51. The second kappa shape index (κ2) is 9.07. The summed E-state index contributed by atoms with van der Waals surface area (Å²) in [4.78, 5) is 11.8. The van der Waals surface area contributed by atoms with Crippen molar-refractivity contribution in [3.05, 3.63) is 29.8 Å². The van der Waals surface area contributed by atoms with Gasteiger partial charge in [0.2, 0.25) is 15.9 Å². The van der Waals surface area contributed by atoms with Crippen LogP contribution < -0.4 is 9.62 Å².